The molecule has 1 saturated heterocycles. The highest BCUT2D eigenvalue weighted by atomic mass is 19.1. The quantitative estimate of drug-likeness (QED) is 0.642. The van der Waals surface area contributed by atoms with Gasteiger partial charge in [-0.15, -0.1) is 0 Å². The molecule has 78 valence electrons. The van der Waals surface area contributed by atoms with Gasteiger partial charge in [-0.2, -0.15) is 0 Å². The van der Waals surface area contributed by atoms with E-state index in [0.717, 1.165) is 19.0 Å². The van der Waals surface area contributed by atoms with Crippen LogP contribution in [-0.4, -0.2) is 31.2 Å². The number of rotatable bonds is 2. The smallest absolute Gasteiger partial charge is 0.102 e. The minimum Gasteiger partial charge on any atom is -0.301 e. The van der Waals surface area contributed by atoms with Gasteiger partial charge in [-0.1, -0.05) is 20.8 Å². The molecule has 1 rings (SSSR count). The molecule has 1 nitrogen and oxygen atoms in total. The Morgan fingerprint density at radius 2 is 1.77 bits per heavy atom. The predicted octanol–water partition coefficient (Wildman–Crippen LogP) is 2.71. The van der Waals surface area contributed by atoms with Crippen LogP contribution in [0.2, 0.25) is 0 Å². The van der Waals surface area contributed by atoms with Crippen molar-refractivity contribution in [3.8, 4) is 0 Å². The zero-order valence-corrected chi connectivity index (χ0v) is 9.15. The van der Waals surface area contributed by atoms with Crippen molar-refractivity contribution in [2.75, 3.05) is 26.3 Å². The third-order valence-corrected chi connectivity index (χ3v) is 3.21. The Morgan fingerprint density at radius 1 is 1.23 bits per heavy atom. The maximum absolute atomic E-state index is 12.1. The van der Waals surface area contributed by atoms with Gasteiger partial charge in [0, 0.05) is 6.54 Å². The normalized spacial score (nSPS) is 22.2. The molecule has 1 aliphatic rings. The van der Waals surface area contributed by atoms with Crippen molar-refractivity contribution in [1.82, 2.24) is 4.90 Å². The molecule has 2 heteroatoms. The second-order valence-corrected chi connectivity index (χ2v) is 5.17. The van der Waals surface area contributed by atoms with E-state index in [-0.39, 0.29) is 6.67 Å². The Morgan fingerprint density at radius 3 is 2.15 bits per heavy atom. The summed E-state index contributed by atoms with van der Waals surface area (Å²) in [4.78, 5) is 2.24. The highest BCUT2D eigenvalue weighted by Crippen LogP contribution is 2.33. The van der Waals surface area contributed by atoms with Crippen LogP contribution in [0.3, 0.4) is 0 Å². The number of hydrogen-bond acceptors (Lipinski definition) is 1. The van der Waals surface area contributed by atoms with Gasteiger partial charge in [-0.25, -0.2) is 4.39 Å². The topological polar surface area (TPSA) is 3.24 Å². The van der Waals surface area contributed by atoms with Gasteiger partial charge >= 0.3 is 0 Å². The second kappa shape index (κ2) is 4.41. The van der Waals surface area contributed by atoms with Gasteiger partial charge in [0.05, 0.1) is 0 Å². The van der Waals surface area contributed by atoms with E-state index in [4.69, 9.17) is 0 Å². The van der Waals surface area contributed by atoms with Crippen LogP contribution in [0.15, 0.2) is 0 Å². The van der Waals surface area contributed by atoms with Crippen LogP contribution < -0.4 is 0 Å². The van der Waals surface area contributed by atoms with Crippen molar-refractivity contribution in [1.29, 1.82) is 0 Å². The number of halogens is 1. The average Bonchev–Trinajstić information content (AvgIpc) is 2.04. The van der Waals surface area contributed by atoms with Crippen molar-refractivity contribution in [2.45, 2.75) is 33.6 Å². The first-order valence-electron chi connectivity index (χ1n) is 5.32. The number of alkyl halides is 1. The largest absolute Gasteiger partial charge is 0.301 e. The fourth-order valence-corrected chi connectivity index (χ4v) is 2.14. The Balaban J connectivity index is 2.30. The van der Waals surface area contributed by atoms with Crippen molar-refractivity contribution >= 4 is 0 Å². The van der Waals surface area contributed by atoms with Crippen molar-refractivity contribution in [3.05, 3.63) is 0 Å². The van der Waals surface area contributed by atoms with E-state index in [1.807, 2.05) is 0 Å². The molecule has 0 aromatic rings. The van der Waals surface area contributed by atoms with Crippen LogP contribution in [0.25, 0.3) is 0 Å². The lowest BCUT2D eigenvalue weighted by molar-refractivity contribution is 0.108. The molecule has 1 heterocycles. The average molecular weight is 187 g/mol. The highest BCUT2D eigenvalue weighted by Gasteiger charge is 2.28. The standard InChI is InChI=1S/C11H22FN/c1-11(2,3)10-4-7-13(8-5-10)9-6-12/h10H,4-9H2,1-3H3. The van der Waals surface area contributed by atoms with Crippen LogP contribution in [0, 0.1) is 11.3 Å². The summed E-state index contributed by atoms with van der Waals surface area (Å²) >= 11 is 0. The van der Waals surface area contributed by atoms with Crippen LogP contribution >= 0.6 is 0 Å². The molecule has 0 aliphatic carbocycles. The van der Waals surface area contributed by atoms with Crippen LogP contribution in [-0.2, 0) is 0 Å². The van der Waals surface area contributed by atoms with Gasteiger partial charge in [0.25, 0.3) is 0 Å². The van der Waals surface area contributed by atoms with Crippen LogP contribution in [0.1, 0.15) is 33.6 Å². The molecule has 0 spiro atoms. The summed E-state index contributed by atoms with van der Waals surface area (Å²) in [5, 5.41) is 0. The molecular formula is C11H22FN. The molecule has 0 saturated carbocycles. The fraction of sp³-hybridized carbons (Fsp3) is 1.00. The number of nitrogens with zero attached hydrogens (tertiary/aromatic N) is 1. The lowest BCUT2D eigenvalue weighted by Crippen LogP contribution is -2.38. The third-order valence-electron chi connectivity index (χ3n) is 3.21. The van der Waals surface area contributed by atoms with Crippen molar-refractivity contribution in [3.63, 3.8) is 0 Å². The molecule has 1 aliphatic heterocycles. The zero-order chi connectivity index (χ0) is 9.90. The van der Waals surface area contributed by atoms with E-state index >= 15 is 0 Å². The zero-order valence-electron chi connectivity index (χ0n) is 9.15. The van der Waals surface area contributed by atoms with E-state index in [1.54, 1.807) is 0 Å². The fourth-order valence-electron chi connectivity index (χ4n) is 2.14. The molecule has 0 N–H and O–H groups in total. The minimum atomic E-state index is -0.194. The molecule has 0 unspecified atom stereocenters. The Bertz CT molecular complexity index is 143. The van der Waals surface area contributed by atoms with Gasteiger partial charge in [0.15, 0.2) is 0 Å². The maximum atomic E-state index is 12.1. The highest BCUT2D eigenvalue weighted by molar-refractivity contribution is 4.80. The van der Waals surface area contributed by atoms with Gasteiger partial charge in [0.2, 0.25) is 0 Å². The molecule has 0 bridgehead atoms. The maximum Gasteiger partial charge on any atom is 0.102 e. The van der Waals surface area contributed by atoms with E-state index in [0.29, 0.717) is 12.0 Å². The molecule has 0 aromatic heterocycles. The summed E-state index contributed by atoms with van der Waals surface area (Å²) in [5.74, 6) is 0.823. The van der Waals surface area contributed by atoms with Crippen molar-refractivity contribution < 1.29 is 4.39 Å². The van der Waals surface area contributed by atoms with Crippen LogP contribution in [0.5, 0.6) is 0 Å². The Kier molecular flexibility index (Phi) is 3.72. The lowest BCUT2D eigenvalue weighted by Gasteiger charge is -2.38. The number of hydrogen-bond donors (Lipinski definition) is 0. The predicted molar refractivity (Wildman–Crippen MR) is 54.6 cm³/mol. The molecule has 0 atom stereocenters. The summed E-state index contributed by atoms with van der Waals surface area (Å²) in [6.45, 7) is 9.54. The Labute approximate surface area is 81.3 Å². The van der Waals surface area contributed by atoms with E-state index < -0.39 is 0 Å². The summed E-state index contributed by atoms with van der Waals surface area (Å²) in [6.07, 6.45) is 2.48. The number of likely N-dealkylation sites (tertiary alicyclic amines) is 1. The SMILES string of the molecule is CC(C)(C)C1CCN(CCF)CC1. The minimum absolute atomic E-state index is 0.194. The summed E-state index contributed by atoms with van der Waals surface area (Å²) in [6, 6.07) is 0. The van der Waals surface area contributed by atoms with Gasteiger partial charge in [-0.05, 0) is 37.3 Å². The van der Waals surface area contributed by atoms with Gasteiger partial charge in [0.1, 0.15) is 6.67 Å². The van der Waals surface area contributed by atoms with Crippen molar-refractivity contribution in [2.24, 2.45) is 11.3 Å². The summed E-state index contributed by atoms with van der Waals surface area (Å²) in [7, 11) is 0. The molecule has 13 heavy (non-hydrogen) atoms. The van der Waals surface area contributed by atoms with E-state index in [1.165, 1.54) is 12.8 Å². The third kappa shape index (κ3) is 3.26. The summed E-state index contributed by atoms with van der Waals surface area (Å²) in [5.41, 5.74) is 0.432. The molecule has 1 fully saturated rings. The lowest BCUT2D eigenvalue weighted by atomic mass is 9.75. The molecular weight excluding hydrogens is 165 g/mol. The van der Waals surface area contributed by atoms with E-state index in [9.17, 15) is 4.39 Å². The van der Waals surface area contributed by atoms with Gasteiger partial charge < -0.3 is 4.90 Å². The Hall–Kier alpha value is -0.110. The second-order valence-electron chi connectivity index (χ2n) is 5.17. The first kappa shape index (κ1) is 11.0. The monoisotopic (exact) mass is 187 g/mol. The van der Waals surface area contributed by atoms with Gasteiger partial charge in [-0.3, -0.25) is 0 Å². The molecule has 0 amide bonds. The first-order valence-corrected chi connectivity index (χ1v) is 5.32. The van der Waals surface area contributed by atoms with E-state index in [2.05, 4.69) is 25.7 Å². The molecule has 0 radical (unpaired) electrons. The first-order chi connectivity index (χ1) is 6.04. The summed E-state index contributed by atoms with van der Waals surface area (Å²) < 4.78 is 12.1. The number of piperidine rings is 1. The molecule has 0 aromatic carbocycles. The van der Waals surface area contributed by atoms with Crippen LogP contribution in [0.4, 0.5) is 4.39 Å².